The highest BCUT2D eigenvalue weighted by molar-refractivity contribution is 5.86. The van der Waals surface area contributed by atoms with Crippen molar-refractivity contribution in [3.8, 4) is 0 Å². The summed E-state index contributed by atoms with van der Waals surface area (Å²) < 4.78 is 0. The summed E-state index contributed by atoms with van der Waals surface area (Å²) in [4.78, 5) is 17.6. The van der Waals surface area contributed by atoms with Gasteiger partial charge in [-0.2, -0.15) is 0 Å². The van der Waals surface area contributed by atoms with Gasteiger partial charge in [-0.25, -0.2) is 9.78 Å². The predicted molar refractivity (Wildman–Crippen MR) is 87.5 cm³/mol. The van der Waals surface area contributed by atoms with Crippen LogP contribution in [0.1, 0.15) is 46.1 Å². The van der Waals surface area contributed by atoms with E-state index in [0.29, 0.717) is 12.0 Å². The van der Waals surface area contributed by atoms with E-state index in [4.69, 9.17) is 5.11 Å². The van der Waals surface area contributed by atoms with Crippen LogP contribution in [0.15, 0.2) is 24.4 Å². The third-order valence-corrected chi connectivity index (χ3v) is 3.44. The number of anilines is 1. The lowest BCUT2D eigenvalue weighted by Gasteiger charge is -2.34. The summed E-state index contributed by atoms with van der Waals surface area (Å²) in [5.74, 6) is 0.448. The van der Waals surface area contributed by atoms with Crippen molar-refractivity contribution in [1.82, 2.24) is 4.98 Å². The van der Waals surface area contributed by atoms with Crippen LogP contribution >= 0.6 is 0 Å². The van der Waals surface area contributed by atoms with Crippen molar-refractivity contribution in [1.29, 1.82) is 0 Å². The number of rotatable bonds is 8. The van der Waals surface area contributed by atoms with E-state index >= 15 is 0 Å². The fourth-order valence-electron chi connectivity index (χ4n) is 2.47. The van der Waals surface area contributed by atoms with Crippen molar-refractivity contribution in [2.24, 2.45) is 5.92 Å². The Balaban J connectivity index is 3.20. The van der Waals surface area contributed by atoms with Gasteiger partial charge in [0.15, 0.2) is 0 Å². The van der Waals surface area contributed by atoms with Crippen molar-refractivity contribution >= 4 is 17.9 Å². The van der Waals surface area contributed by atoms with Crippen molar-refractivity contribution in [3.05, 3.63) is 30.0 Å². The average molecular weight is 290 g/mol. The molecule has 21 heavy (non-hydrogen) atoms. The third kappa shape index (κ3) is 5.21. The maximum absolute atomic E-state index is 10.8. The van der Waals surface area contributed by atoms with Crippen LogP contribution in [0, 0.1) is 5.92 Å². The maximum atomic E-state index is 10.8. The molecule has 4 nitrogen and oxygen atoms in total. The molecule has 1 aromatic heterocycles. The van der Waals surface area contributed by atoms with Crippen LogP contribution in [0.4, 0.5) is 5.82 Å². The zero-order valence-electron chi connectivity index (χ0n) is 13.4. The standard InChI is InChI=1S/C17H26N2O2/c1-5-15(6-2)19(12-13(3)4)17-14(8-7-11-18-17)9-10-16(20)21/h7-11,13,15H,5-6,12H2,1-4H3,(H,20,21)/b10-9+. The molecule has 0 aromatic carbocycles. The van der Waals surface area contributed by atoms with Crippen molar-refractivity contribution < 1.29 is 9.90 Å². The monoisotopic (exact) mass is 290 g/mol. The average Bonchev–Trinajstić information content (AvgIpc) is 2.45. The van der Waals surface area contributed by atoms with E-state index in [2.05, 4.69) is 37.6 Å². The molecule has 4 heteroatoms. The van der Waals surface area contributed by atoms with E-state index in [9.17, 15) is 4.79 Å². The Labute approximate surface area is 127 Å². The Morgan fingerprint density at radius 1 is 1.38 bits per heavy atom. The van der Waals surface area contributed by atoms with E-state index in [0.717, 1.165) is 30.8 Å². The van der Waals surface area contributed by atoms with E-state index < -0.39 is 5.97 Å². The molecular formula is C17H26N2O2. The highest BCUT2D eigenvalue weighted by Crippen LogP contribution is 2.24. The summed E-state index contributed by atoms with van der Waals surface area (Å²) in [5.41, 5.74) is 0.854. The number of nitrogens with zero attached hydrogens (tertiary/aromatic N) is 2. The summed E-state index contributed by atoms with van der Waals surface area (Å²) >= 11 is 0. The number of hydrogen-bond donors (Lipinski definition) is 1. The molecule has 0 atom stereocenters. The van der Waals surface area contributed by atoms with E-state index in [-0.39, 0.29) is 0 Å². The molecule has 1 rings (SSSR count). The molecule has 0 fully saturated rings. The minimum Gasteiger partial charge on any atom is -0.478 e. The highest BCUT2D eigenvalue weighted by atomic mass is 16.4. The Morgan fingerprint density at radius 2 is 2.05 bits per heavy atom. The second kappa shape index (κ2) is 8.45. The van der Waals surface area contributed by atoms with Crippen LogP contribution in [-0.2, 0) is 4.79 Å². The smallest absolute Gasteiger partial charge is 0.328 e. The van der Waals surface area contributed by atoms with Gasteiger partial charge >= 0.3 is 5.97 Å². The third-order valence-electron chi connectivity index (χ3n) is 3.44. The quantitative estimate of drug-likeness (QED) is 0.739. The molecule has 0 radical (unpaired) electrons. The van der Waals surface area contributed by atoms with Gasteiger partial charge in [0, 0.05) is 30.4 Å². The molecule has 0 saturated carbocycles. The molecular weight excluding hydrogens is 264 g/mol. The second-order valence-corrected chi connectivity index (χ2v) is 5.60. The summed E-state index contributed by atoms with van der Waals surface area (Å²) in [7, 11) is 0. The molecule has 0 saturated heterocycles. The molecule has 0 aliphatic rings. The zero-order valence-corrected chi connectivity index (χ0v) is 13.4. The van der Waals surface area contributed by atoms with Gasteiger partial charge in [-0.15, -0.1) is 0 Å². The number of carbonyl (C=O) groups is 1. The van der Waals surface area contributed by atoms with Crippen LogP contribution in [0.2, 0.25) is 0 Å². The largest absolute Gasteiger partial charge is 0.478 e. The van der Waals surface area contributed by atoms with E-state index in [1.165, 1.54) is 6.08 Å². The first kappa shape index (κ1) is 17.2. The predicted octanol–water partition coefficient (Wildman–Crippen LogP) is 3.83. The van der Waals surface area contributed by atoms with Crippen molar-refractivity contribution in [3.63, 3.8) is 0 Å². The fourth-order valence-corrected chi connectivity index (χ4v) is 2.47. The molecule has 1 aromatic rings. The normalized spacial score (nSPS) is 11.5. The number of pyridine rings is 1. The zero-order chi connectivity index (χ0) is 15.8. The molecule has 1 N–H and O–H groups in total. The lowest BCUT2D eigenvalue weighted by Crippen LogP contribution is -2.38. The Morgan fingerprint density at radius 3 is 2.57 bits per heavy atom. The molecule has 0 unspecified atom stereocenters. The Kier molecular flexibility index (Phi) is 6.92. The Bertz CT molecular complexity index is 479. The fraction of sp³-hybridized carbons (Fsp3) is 0.529. The van der Waals surface area contributed by atoms with Gasteiger partial charge in [-0.05, 0) is 37.0 Å². The number of aliphatic carboxylic acids is 1. The lowest BCUT2D eigenvalue weighted by molar-refractivity contribution is -0.131. The number of hydrogen-bond acceptors (Lipinski definition) is 3. The topological polar surface area (TPSA) is 53.4 Å². The van der Waals surface area contributed by atoms with Crippen molar-refractivity contribution in [2.45, 2.75) is 46.6 Å². The van der Waals surface area contributed by atoms with E-state index in [1.54, 1.807) is 12.3 Å². The van der Waals surface area contributed by atoms with Gasteiger partial charge in [0.1, 0.15) is 5.82 Å². The maximum Gasteiger partial charge on any atom is 0.328 e. The Hall–Kier alpha value is -1.84. The number of carboxylic acid groups (broad SMARTS) is 1. The van der Waals surface area contributed by atoms with Gasteiger partial charge in [0.05, 0.1) is 0 Å². The highest BCUT2D eigenvalue weighted by Gasteiger charge is 2.19. The molecule has 1 heterocycles. The van der Waals surface area contributed by atoms with Gasteiger partial charge in [0.25, 0.3) is 0 Å². The minimum atomic E-state index is -0.942. The van der Waals surface area contributed by atoms with Crippen LogP contribution in [0.25, 0.3) is 6.08 Å². The molecule has 0 amide bonds. The molecule has 0 aliphatic carbocycles. The van der Waals surface area contributed by atoms with Crippen LogP contribution in [0.3, 0.4) is 0 Å². The van der Waals surface area contributed by atoms with Crippen LogP contribution in [0.5, 0.6) is 0 Å². The first-order valence-electron chi connectivity index (χ1n) is 7.62. The second-order valence-electron chi connectivity index (χ2n) is 5.60. The summed E-state index contributed by atoms with van der Waals surface area (Å²) in [6.07, 6.45) is 6.65. The lowest BCUT2D eigenvalue weighted by atomic mass is 10.1. The van der Waals surface area contributed by atoms with Crippen molar-refractivity contribution in [2.75, 3.05) is 11.4 Å². The number of carboxylic acids is 1. The molecule has 0 bridgehead atoms. The molecule has 0 aliphatic heterocycles. The first-order chi connectivity index (χ1) is 9.99. The summed E-state index contributed by atoms with van der Waals surface area (Å²) in [6.45, 7) is 9.64. The SMILES string of the molecule is CCC(CC)N(CC(C)C)c1ncccc1/C=C/C(=O)O. The number of aromatic nitrogens is 1. The first-order valence-corrected chi connectivity index (χ1v) is 7.62. The van der Waals surface area contributed by atoms with Crippen LogP contribution in [-0.4, -0.2) is 28.6 Å². The minimum absolute atomic E-state index is 0.416. The van der Waals surface area contributed by atoms with Gasteiger partial charge in [-0.1, -0.05) is 27.7 Å². The summed E-state index contributed by atoms with van der Waals surface area (Å²) in [6, 6.07) is 4.17. The van der Waals surface area contributed by atoms with Crippen LogP contribution < -0.4 is 4.90 Å². The molecule has 116 valence electrons. The summed E-state index contributed by atoms with van der Waals surface area (Å²) in [5, 5.41) is 8.83. The van der Waals surface area contributed by atoms with Gasteiger partial charge < -0.3 is 10.0 Å². The molecule has 0 spiro atoms. The van der Waals surface area contributed by atoms with Gasteiger partial charge in [-0.3, -0.25) is 0 Å². The van der Waals surface area contributed by atoms with Gasteiger partial charge in [0.2, 0.25) is 0 Å². The van der Waals surface area contributed by atoms with E-state index in [1.807, 2.05) is 12.1 Å².